The molecule has 7 heteroatoms. The van der Waals surface area contributed by atoms with Gasteiger partial charge in [0.1, 0.15) is 17.4 Å². The Morgan fingerprint density at radius 1 is 1.04 bits per heavy atom. The first kappa shape index (κ1) is 16.8. The molecule has 136 valence electrons. The molecule has 0 atom stereocenters. The molecule has 1 spiro atoms. The van der Waals surface area contributed by atoms with Crippen molar-refractivity contribution in [2.45, 2.75) is 25.2 Å². The number of rotatable bonds is 1. The number of fused-ring (bicyclic) bond motifs is 1. The van der Waals surface area contributed by atoms with Crippen LogP contribution in [0.5, 0.6) is 5.75 Å². The summed E-state index contributed by atoms with van der Waals surface area (Å²) in [5.74, 6) is -0.826. The number of anilines is 1. The molecule has 2 heterocycles. The summed E-state index contributed by atoms with van der Waals surface area (Å²) in [5, 5.41) is 2.75. The molecular formula is C19H18F2N2O3. The van der Waals surface area contributed by atoms with Crippen LogP contribution in [0.4, 0.5) is 19.3 Å². The van der Waals surface area contributed by atoms with E-state index in [0.29, 0.717) is 42.9 Å². The van der Waals surface area contributed by atoms with Gasteiger partial charge >= 0.3 is 6.03 Å². The summed E-state index contributed by atoms with van der Waals surface area (Å²) in [6.07, 6.45) is 1.03. The minimum Gasteiger partial charge on any atom is -0.462 e. The third-order valence-electron chi connectivity index (χ3n) is 4.72. The zero-order valence-corrected chi connectivity index (χ0v) is 14.0. The van der Waals surface area contributed by atoms with Crippen LogP contribution >= 0.6 is 0 Å². The summed E-state index contributed by atoms with van der Waals surface area (Å²) in [4.78, 5) is 14.0. The predicted molar refractivity (Wildman–Crippen MR) is 90.8 cm³/mol. The molecular weight excluding hydrogens is 342 g/mol. The monoisotopic (exact) mass is 360 g/mol. The molecule has 4 rings (SSSR count). The van der Waals surface area contributed by atoms with E-state index in [1.165, 1.54) is 36.4 Å². The maximum absolute atomic E-state index is 13.3. The number of amides is 2. The van der Waals surface area contributed by atoms with Crippen molar-refractivity contribution in [1.82, 2.24) is 4.90 Å². The molecule has 0 aliphatic carbocycles. The number of carbonyl (C=O) groups excluding carboxylic acids is 1. The Labute approximate surface area is 149 Å². The van der Waals surface area contributed by atoms with E-state index in [2.05, 4.69) is 5.32 Å². The highest BCUT2D eigenvalue weighted by Gasteiger charge is 2.42. The molecule has 2 aromatic rings. The lowest BCUT2D eigenvalue weighted by Gasteiger charge is -2.43. The highest BCUT2D eigenvalue weighted by Crippen LogP contribution is 2.37. The Balaban J connectivity index is 1.37. The lowest BCUT2D eigenvalue weighted by atomic mass is 10.0. The SMILES string of the molecule is O=C(Nc1ccc(F)cc1)N1CCC2(CC1)OCc1cc(F)ccc1O2. The first-order valence-corrected chi connectivity index (χ1v) is 8.46. The van der Waals surface area contributed by atoms with Crippen molar-refractivity contribution in [1.29, 1.82) is 0 Å². The standard InChI is InChI=1S/C19H18F2N2O3/c20-14-1-4-16(5-2-14)22-18(24)23-9-7-19(8-10-23)25-12-13-11-15(21)3-6-17(13)26-19/h1-6,11H,7-10,12H2,(H,22,24). The molecule has 0 radical (unpaired) electrons. The molecule has 26 heavy (non-hydrogen) atoms. The van der Waals surface area contributed by atoms with E-state index in [4.69, 9.17) is 9.47 Å². The quantitative estimate of drug-likeness (QED) is 0.839. The average Bonchev–Trinajstić information content (AvgIpc) is 2.64. The molecule has 0 bridgehead atoms. The molecule has 2 amide bonds. The van der Waals surface area contributed by atoms with Gasteiger partial charge in [0.05, 0.1) is 6.61 Å². The van der Waals surface area contributed by atoms with Gasteiger partial charge in [0.25, 0.3) is 0 Å². The van der Waals surface area contributed by atoms with Crippen LogP contribution in [0.2, 0.25) is 0 Å². The topological polar surface area (TPSA) is 50.8 Å². The largest absolute Gasteiger partial charge is 0.462 e. The number of ether oxygens (including phenoxy) is 2. The zero-order valence-electron chi connectivity index (χ0n) is 14.0. The third-order valence-corrected chi connectivity index (χ3v) is 4.72. The molecule has 5 nitrogen and oxygen atoms in total. The van der Waals surface area contributed by atoms with Gasteiger partial charge in [0, 0.05) is 37.2 Å². The summed E-state index contributed by atoms with van der Waals surface area (Å²) >= 11 is 0. The minimum absolute atomic E-state index is 0.246. The Hall–Kier alpha value is -2.67. The van der Waals surface area contributed by atoms with E-state index >= 15 is 0 Å². The van der Waals surface area contributed by atoms with E-state index in [-0.39, 0.29) is 24.3 Å². The van der Waals surface area contributed by atoms with Crippen molar-refractivity contribution in [3.63, 3.8) is 0 Å². The number of nitrogens with one attached hydrogen (secondary N) is 1. The molecule has 2 aromatic carbocycles. The van der Waals surface area contributed by atoms with E-state index in [1.807, 2.05) is 0 Å². The molecule has 2 aliphatic rings. The number of hydrogen-bond acceptors (Lipinski definition) is 3. The number of likely N-dealkylation sites (tertiary alicyclic amines) is 1. The highest BCUT2D eigenvalue weighted by molar-refractivity contribution is 5.89. The first-order valence-electron chi connectivity index (χ1n) is 8.46. The van der Waals surface area contributed by atoms with Crippen molar-refractivity contribution < 1.29 is 23.0 Å². The van der Waals surface area contributed by atoms with Crippen molar-refractivity contribution in [2.24, 2.45) is 0 Å². The fourth-order valence-electron chi connectivity index (χ4n) is 3.23. The van der Waals surface area contributed by atoms with E-state index in [9.17, 15) is 13.6 Å². The van der Waals surface area contributed by atoms with Gasteiger partial charge in [-0.2, -0.15) is 0 Å². The third kappa shape index (κ3) is 3.35. The zero-order chi connectivity index (χ0) is 18.1. The van der Waals surface area contributed by atoms with Gasteiger partial charge in [-0.25, -0.2) is 13.6 Å². The summed E-state index contributed by atoms with van der Waals surface area (Å²) in [5.41, 5.74) is 1.23. The lowest BCUT2D eigenvalue weighted by Crippen LogP contribution is -2.53. The number of carbonyl (C=O) groups is 1. The van der Waals surface area contributed by atoms with E-state index in [1.54, 1.807) is 11.0 Å². The van der Waals surface area contributed by atoms with Gasteiger partial charge in [0.2, 0.25) is 5.79 Å². The van der Waals surface area contributed by atoms with Gasteiger partial charge in [-0.05, 0) is 42.5 Å². The minimum atomic E-state index is -0.780. The van der Waals surface area contributed by atoms with Crippen LogP contribution in [0.3, 0.4) is 0 Å². The highest BCUT2D eigenvalue weighted by atomic mass is 19.1. The Bertz CT molecular complexity index is 818. The fraction of sp³-hybridized carbons (Fsp3) is 0.316. The number of urea groups is 1. The van der Waals surface area contributed by atoms with E-state index in [0.717, 1.165) is 0 Å². The van der Waals surface area contributed by atoms with Crippen LogP contribution in [0.15, 0.2) is 42.5 Å². The van der Waals surface area contributed by atoms with Gasteiger partial charge in [-0.3, -0.25) is 0 Å². The summed E-state index contributed by atoms with van der Waals surface area (Å²) < 4.78 is 38.1. The predicted octanol–water partition coefficient (Wildman–Crippen LogP) is 3.90. The summed E-state index contributed by atoms with van der Waals surface area (Å²) in [6, 6.07) is 9.77. The smallest absolute Gasteiger partial charge is 0.321 e. The number of hydrogen-bond donors (Lipinski definition) is 1. The van der Waals surface area contributed by atoms with Gasteiger partial charge in [0.15, 0.2) is 0 Å². The van der Waals surface area contributed by atoms with E-state index < -0.39 is 5.79 Å². The van der Waals surface area contributed by atoms with Gasteiger partial charge in [-0.1, -0.05) is 0 Å². The first-order chi connectivity index (χ1) is 12.5. The fourth-order valence-corrected chi connectivity index (χ4v) is 3.23. The van der Waals surface area contributed by atoms with Crippen molar-refractivity contribution in [3.8, 4) is 5.75 Å². The molecule has 0 saturated carbocycles. The van der Waals surface area contributed by atoms with Gasteiger partial charge in [-0.15, -0.1) is 0 Å². The van der Waals surface area contributed by atoms with Crippen molar-refractivity contribution in [3.05, 3.63) is 59.7 Å². The number of piperidine rings is 1. The van der Waals surface area contributed by atoms with Crippen molar-refractivity contribution >= 4 is 11.7 Å². The molecule has 0 aromatic heterocycles. The Kier molecular flexibility index (Phi) is 4.24. The summed E-state index contributed by atoms with van der Waals surface area (Å²) in [6.45, 7) is 1.21. The van der Waals surface area contributed by atoms with Crippen LogP contribution in [-0.4, -0.2) is 29.8 Å². The van der Waals surface area contributed by atoms with Crippen LogP contribution in [-0.2, 0) is 11.3 Å². The van der Waals surface area contributed by atoms with Crippen LogP contribution in [0.1, 0.15) is 18.4 Å². The Morgan fingerprint density at radius 3 is 2.46 bits per heavy atom. The van der Waals surface area contributed by atoms with Crippen LogP contribution in [0.25, 0.3) is 0 Å². The summed E-state index contributed by atoms with van der Waals surface area (Å²) in [7, 11) is 0. The second-order valence-corrected chi connectivity index (χ2v) is 6.48. The average molecular weight is 360 g/mol. The number of benzene rings is 2. The Morgan fingerprint density at radius 2 is 1.73 bits per heavy atom. The number of nitrogens with zero attached hydrogens (tertiary/aromatic N) is 1. The second-order valence-electron chi connectivity index (χ2n) is 6.48. The maximum Gasteiger partial charge on any atom is 0.321 e. The van der Waals surface area contributed by atoms with Crippen molar-refractivity contribution in [2.75, 3.05) is 18.4 Å². The molecule has 0 unspecified atom stereocenters. The number of halogens is 2. The lowest BCUT2D eigenvalue weighted by molar-refractivity contribution is -0.225. The molecule has 2 aliphatic heterocycles. The molecule has 1 fully saturated rings. The van der Waals surface area contributed by atoms with Crippen LogP contribution in [0, 0.1) is 11.6 Å². The normalized spacial score (nSPS) is 18.2. The second kappa shape index (κ2) is 6.57. The molecule has 1 N–H and O–H groups in total. The molecule has 1 saturated heterocycles. The van der Waals surface area contributed by atoms with Gasteiger partial charge < -0.3 is 19.7 Å². The maximum atomic E-state index is 13.3. The van der Waals surface area contributed by atoms with Crippen LogP contribution < -0.4 is 10.1 Å².